The van der Waals surface area contributed by atoms with Gasteiger partial charge >= 0.3 is 0 Å². The number of carbonyl (C=O) groups is 2. The molecule has 172 valence electrons. The maximum atomic E-state index is 13.6. The summed E-state index contributed by atoms with van der Waals surface area (Å²) in [6, 6.07) is 9.46. The van der Waals surface area contributed by atoms with Crippen LogP contribution in [0.1, 0.15) is 24.6 Å². The summed E-state index contributed by atoms with van der Waals surface area (Å²) in [5, 5.41) is 8.52. The molecule has 1 aromatic carbocycles. The number of methoxy groups -OCH3 is 1. The summed E-state index contributed by atoms with van der Waals surface area (Å²) in [7, 11) is 1.61. The van der Waals surface area contributed by atoms with Crippen LogP contribution in [0.5, 0.6) is 5.75 Å². The van der Waals surface area contributed by atoms with E-state index in [2.05, 4.69) is 15.4 Å². The molecule has 1 atom stereocenters. The molecule has 2 aliphatic heterocycles. The van der Waals surface area contributed by atoms with Crippen LogP contribution in [0, 0.1) is 13.8 Å². The number of allylic oxidation sites excluding steroid dienone is 2. The van der Waals surface area contributed by atoms with Gasteiger partial charge in [0.05, 0.1) is 19.2 Å². The number of para-hydroxylation sites is 1. The molecule has 1 N–H and O–H groups in total. The fraction of sp³-hybridized carbons (Fsp3) is 0.240. The minimum atomic E-state index is -1.14. The van der Waals surface area contributed by atoms with Gasteiger partial charge in [-0.15, -0.1) is 0 Å². The lowest BCUT2D eigenvalue weighted by Crippen LogP contribution is -2.58. The van der Waals surface area contributed by atoms with E-state index in [1.807, 2.05) is 44.2 Å². The topological polar surface area (TPSA) is 102 Å². The van der Waals surface area contributed by atoms with Gasteiger partial charge in [0.1, 0.15) is 28.5 Å². The summed E-state index contributed by atoms with van der Waals surface area (Å²) in [6.07, 6.45) is 7.02. The molecule has 9 nitrogen and oxygen atoms in total. The second-order valence-corrected chi connectivity index (χ2v) is 8.58. The number of nitrogens with one attached hydrogen (secondary N) is 1. The van der Waals surface area contributed by atoms with Gasteiger partial charge in [0.15, 0.2) is 5.82 Å². The Balaban J connectivity index is 1.54. The summed E-state index contributed by atoms with van der Waals surface area (Å²) in [5.41, 5.74) is 1.28. The third-order valence-electron chi connectivity index (χ3n) is 6.10. The number of hydrogen-bond acceptors (Lipinski definition) is 6. The van der Waals surface area contributed by atoms with Crippen molar-refractivity contribution >= 4 is 34.4 Å². The Bertz CT molecular complexity index is 1430. The Labute approximate surface area is 196 Å². The highest BCUT2D eigenvalue weighted by Gasteiger charge is 2.45. The second-order valence-electron chi connectivity index (χ2n) is 8.58. The highest BCUT2D eigenvalue weighted by Crippen LogP contribution is 2.31. The molecular formula is C25H24N6O3. The molecule has 0 bridgehead atoms. The Hall–Kier alpha value is -4.27. The molecule has 1 unspecified atom stereocenters. The Kier molecular flexibility index (Phi) is 5.04. The molecule has 0 aliphatic carbocycles. The van der Waals surface area contributed by atoms with Crippen molar-refractivity contribution in [3.63, 3.8) is 0 Å². The van der Waals surface area contributed by atoms with Gasteiger partial charge in [-0.05, 0) is 50.6 Å². The van der Waals surface area contributed by atoms with Crippen LogP contribution in [-0.4, -0.2) is 50.0 Å². The van der Waals surface area contributed by atoms with Gasteiger partial charge in [-0.3, -0.25) is 9.59 Å². The van der Waals surface area contributed by atoms with Gasteiger partial charge in [-0.25, -0.2) is 4.98 Å². The van der Waals surface area contributed by atoms with E-state index in [0.29, 0.717) is 34.4 Å². The van der Waals surface area contributed by atoms with E-state index in [1.165, 1.54) is 0 Å². The van der Waals surface area contributed by atoms with Gasteiger partial charge in [0.2, 0.25) is 0 Å². The van der Waals surface area contributed by atoms with Gasteiger partial charge < -0.3 is 15.0 Å². The van der Waals surface area contributed by atoms with E-state index in [9.17, 15) is 9.59 Å². The number of anilines is 1. The number of aryl methyl sites for hydroxylation is 2. The molecule has 0 radical (unpaired) electrons. The van der Waals surface area contributed by atoms with E-state index in [0.717, 1.165) is 10.9 Å². The van der Waals surface area contributed by atoms with E-state index in [4.69, 9.17) is 9.72 Å². The predicted octanol–water partition coefficient (Wildman–Crippen LogP) is 3.46. The first kappa shape index (κ1) is 21.6. The number of rotatable bonds is 4. The third-order valence-corrected chi connectivity index (χ3v) is 6.10. The molecule has 5 rings (SSSR count). The fourth-order valence-electron chi connectivity index (χ4n) is 4.34. The van der Waals surface area contributed by atoms with Gasteiger partial charge in [-0.2, -0.15) is 14.8 Å². The van der Waals surface area contributed by atoms with Crippen molar-refractivity contribution in [2.45, 2.75) is 32.7 Å². The lowest BCUT2D eigenvalue weighted by molar-refractivity contribution is -0.130. The molecule has 0 spiro atoms. The zero-order valence-electron chi connectivity index (χ0n) is 19.4. The first-order valence-corrected chi connectivity index (χ1v) is 10.9. The summed E-state index contributed by atoms with van der Waals surface area (Å²) in [4.78, 5) is 36.4. The number of carbonyl (C=O) groups excluding carboxylic acids is 2. The van der Waals surface area contributed by atoms with Crippen molar-refractivity contribution in [1.29, 1.82) is 0 Å². The van der Waals surface area contributed by atoms with E-state index in [-0.39, 0.29) is 18.2 Å². The number of hydrogen-bond donors (Lipinski definition) is 1. The summed E-state index contributed by atoms with van der Waals surface area (Å²) >= 11 is 0. The van der Waals surface area contributed by atoms with Crippen LogP contribution in [0.15, 0.2) is 59.8 Å². The third kappa shape index (κ3) is 3.45. The Morgan fingerprint density at radius 2 is 2.03 bits per heavy atom. The fourth-order valence-corrected chi connectivity index (χ4v) is 4.34. The van der Waals surface area contributed by atoms with Crippen LogP contribution >= 0.6 is 0 Å². The smallest absolute Gasteiger partial charge is 0.252 e. The lowest BCUT2D eigenvalue weighted by Gasteiger charge is -2.41. The molecule has 0 saturated heterocycles. The van der Waals surface area contributed by atoms with Crippen molar-refractivity contribution < 1.29 is 14.3 Å². The lowest BCUT2D eigenvalue weighted by atomic mass is 9.91. The van der Waals surface area contributed by atoms with E-state index in [1.54, 1.807) is 48.0 Å². The second kappa shape index (κ2) is 7.95. The molecule has 34 heavy (non-hydrogen) atoms. The number of pyridine rings is 1. The maximum absolute atomic E-state index is 13.6. The van der Waals surface area contributed by atoms with Gasteiger partial charge in [0, 0.05) is 17.7 Å². The number of amidine groups is 1. The molecule has 0 fully saturated rings. The van der Waals surface area contributed by atoms with E-state index < -0.39 is 5.54 Å². The molecule has 2 aromatic heterocycles. The van der Waals surface area contributed by atoms with Crippen LogP contribution in [-0.2, 0) is 9.59 Å². The number of ether oxygens (including phenoxy) is 1. The number of aliphatic imine (C=N–C) groups is 1. The molecule has 0 saturated carbocycles. The van der Waals surface area contributed by atoms with Crippen LogP contribution < -0.4 is 10.1 Å². The molecule has 9 heteroatoms. The largest absolute Gasteiger partial charge is 0.494 e. The van der Waals surface area contributed by atoms with Crippen molar-refractivity contribution in [3.05, 3.63) is 66.0 Å². The van der Waals surface area contributed by atoms with Crippen LogP contribution in [0.25, 0.3) is 16.7 Å². The average molecular weight is 457 g/mol. The Morgan fingerprint density at radius 1 is 1.21 bits per heavy atom. The number of aromatic nitrogens is 3. The van der Waals surface area contributed by atoms with Crippen molar-refractivity contribution in [2.24, 2.45) is 4.99 Å². The number of benzene rings is 1. The SMILES string of the molecule is COc1cccc2c(C)cc(-n3nc(C)cc3NC(=O)C3(C)CC(=O)N=C4C=CC=CN43)nc12. The number of amides is 2. The Morgan fingerprint density at radius 3 is 2.82 bits per heavy atom. The average Bonchev–Trinajstić information content (AvgIpc) is 3.18. The maximum Gasteiger partial charge on any atom is 0.252 e. The molecule has 3 aromatic rings. The molecule has 2 amide bonds. The van der Waals surface area contributed by atoms with Crippen LogP contribution in [0.3, 0.4) is 0 Å². The molecule has 4 heterocycles. The minimum Gasteiger partial charge on any atom is -0.494 e. The van der Waals surface area contributed by atoms with Crippen molar-refractivity contribution in [1.82, 2.24) is 19.7 Å². The monoisotopic (exact) mass is 456 g/mol. The number of nitrogens with zero attached hydrogens (tertiary/aromatic N) is 5. The highest BCUT2D eigenvalue weighted by molar-refractivity contribution is 6.11. The summed E-state index contributed by atoms with van der Waals surface area (Å²) < 4.78 is 7.10. The van der Waals surface area contributed by atoms with Crippen molar-refractivity contribution in [2.75, 3.05) is 12.4 Å². The first-order chi connectivity index (χ1) is 16.3. The van der Waals surface area contributed by atoms with Crippen LogP contribution in [0.2, 0.25) is 0 Å². The van der Waals surface area contributed by atoms with Gasteiger partial charge in [0.25, 0.3) is 11.8 Å². The number of fused-ring (bicyclic) bond motifs is 2. The van der Waals surface area contributed by atoms with Crippen molar-refractivity contribution in [3.8, 4) is 11.6 Å². The quantitative estimate of drug-likeness (QED) is 0.645. The normalized spacial score (nSPS) is 19.2. The predicted molar refractivity (Wildman–Crippen MR) is 129 cm³/mol. The van der Waals surface area contributed by atoms with E-state index >= 15 is 0 Å². The zero-order chi connectivity index (χ0) is 24.0. The molecular weight excluding hydrogens is 432 g/mol. The molecule has 2 aliphatic rings. The first-order valence-electron chi connectivity index (χ1n) is 10.9. The summed E-state index contributed by atoms with van der Waals surface area (Å²) in [5.74, 6) is 1.42. The highest BCUT2D eigenvalue weighted by atomic mass is 16.5. The minimum absolute atomic E-state index is 0.0435. The summed E-state index contributed by atoms with van der Waals surface area (Å²) in [6.45, 7) is 5.57. The van der Waals surface area contributed by atoms with Crippen LogP contribution in [0.4, 0.5) is 5.82 Å². The zero-order valence-corrected chi connectivity index (χ0v) is 19.4. The van der Waals surface area contributed by atoms with Gasteiger partial charge in [-0.1, -0.05) is 18.2 Å². The standard InChI is InChI=1S/C25H24N6O3/c1-15-12-20(27-23-17(15)8-7-9-18(23)34-4)31-21(13-16(2)29-31)28-24(33)25(3)14-22(32)26-19-10-5-6-11-30(19)25/h5-13H,14H2,1-4H3,(H,28,33).